The maximum absolute atomic E-state index is 11.9. The highest BCUT2D eigenvalue weighted by Gasteiger charge is 2.16. The predicted molar refractivity (Wildman–Crippen MR) is 101 cm³/mol. The molecule has 1 atom stereocenters. The van der Waals surface area contributed by atoms with Gasteiger partial charge in [0.1, 0.15) is 6.04 Å². The van der Waals surface area contributed by atoms with E-state index in [2.05, 4.69) is 16.4 Å². The molecule has 0 saturated heterocycles. The van der Waals surface area contributed by atoms with Gasteiger partial charge in [0.25, 0.3) is 0 Å². The lowest BCUT2D eigenvalue weighted by atomic mass is 10.0. The molecule has 0 bridgehead atoms. The first kappa shape index (κ1) is 16.7. The van der Waals surface area contributed by atoms with Crippen molar-refractivity contribution in [2.45, 2.75) is 19.4 Å². The van der Waals surface area contributed by atoms with Crippen LogP contribution in [0.4, 0.5) is 5.69 Å². The molecule has 0 aliphatic heterocycles. The van der Waals surface area contributed by atoms with Crippen molar-refractivity contribution in [1.29, 1.82) is 0 Å². The average molecular weight is 331 g/mol. The minimum atomic E-state index is -0.451. The average Bonchev–Trinajstić information content (AvgIpc) is 2.64. The molecule has 2 aromatic carbocycles. The van der Waals surface area contributed by atoms with Gasteiger partial charge in [0.15, 0.2) is 0 Å². The molecule has 0 unspecified atom stereocenters. The third-order valence-corrected chi connectivity index (χ3v) is 4.20. The number of hydrogen-bond donors (Lipinski definition) is 2. The van der Waals surface area contributed by atoms with Gasteiger partial charge in [0.05, 0.1) is 0 Å². The molecule has 4 nitrogen and oxygen atoms in total. The maximum Gasteiger partial charge on any atom is 0.240 e. The van der Waals surface area contributed by atoms with Crippen LogP contribution >= 0.6 is 0 Å². The van der Waals surface area contributed by atoms with Gasteiger partial charge in [0.2, 0.25) is 5.91 Å². The Balaban J connectivity index is 1.79. The van der Waals surface area contributed by atoms with Gasteiger partial charge in [-0.25, -0.2) is 0 Å². The van der Waals surface area contributed by atoms with Crippen LogP contribution in [0, 0.1) is 6.92 Å². The van der Waals surface area contributed by atoms with E-state index in [9.17, 15) is 4.79 Å². The predicted octanol–water partition coefficient (Wildman–Crippen LogP) is 3.57. The Morgan fingerprint density at radius 2 is 1.76 bits per heavy atom. The van der Waals surface area contributed by atoms with Crippen molar-refractivity contribution in [2.75, 3.05) is 5.32 Å². The van der Waals surface area contributed by atoms with E-state index in [4.69, 9.17) is 5.73 Å². The zero-order valence-corrected chi connectivity index (χ0v) is 14.1. The molecular weight excluding hydrogens is 310 g/mol. The number of amides is 1. The first-order chi connectivity index (χ1) is 12.1. The molecule has 1 amide bonds. The van der Waals surface area contributed by atoms with E-state index in [0.717, 1.165) is 27.9 Å². The first-order valence-corrected chi connectivity index (χ1v) is 8.24. The van der Waals surface area contributed by atoms with Crippen molar-refractivity contribution in [3.05, 3.63) is 84.2 Å². The lowest BCUT2D eigenvalue weighted by Crippen LogP contribution is -2.37. The van der Waals surface area contributed by atoms with E-state index in [0.29, 0.717) is 6.42 Å². The van der Waals surface area contributed by atoms with Crippen LogP contribution in [0.15, 0.2) is 73.1 Å². The quantitative estimate of drug-likeness (QED) is 0.725. The summed E-state index contributed by atoms with van der Waals surface area (Å²) in [4.78, 5) is 15.9. The van der Waals surface area contributed by atoms with Crippen LogP contribution in [0.5, 0.6) is 0 Å². The molecule has 1 aromatic heterocycles. The molecule has 0 aliphatic rings. The number of carbonyl (C=O) groups excluding carboxylic acids is 1. The Labute approximate surface area is 147 Å². The van der Waals surface area contributed by atoms with Crippen LogP contribution in [0.25, 0.3) is 11.1 Å². The minimum absolute atomic E-state index is 0.360. The molecule has 3 rings (SSSR count). The van der Waals surface area contributed by atoms with Gasteiger partial charge in [-0.1, -0.05) is 36.4 Å². The zero-order valence-electron chi connectivity index (χ0n) is 14.1. The Morgan fingerprint density at radius 3 is 2.40 bits per heavy atom. The second-order valence-corrected chi connectivity index (χ2v) is 6.05. The van der Waals surface area contributed by atoms with E-state index in [-0.39, 0.29) is 5.91 Å². The largest absolute Gasteiger partial charge is 0.373 e. The highest BCUT2D eigenvalue weighted by Crippen LogP contribution is 2.25. The summed E-state index contributed by atoms with van der Waals surface area (Å²) in [7, 11) is 0. The minimum Gasteiger partial charge on any atom is -0.373 e. The van der Waals surface area contributed by atoms with Gasteiger partial charge < -0.3 is 11.1 Å². The molecule has 0 spiro atoms. The van der Waals surface area contributed by atoms with Gasteiger partial charge >= 0.3 is 0 Å². The number of benzene rings is 2. The summed E-state index contributed by atoms with van der Waals surface area (Å²) >= 11 is 0. The monoisotopic (exact) mass is 331 g/mol. The summed E-state index contributed by atoms with van der Waals surface area (Å²) in [6.45, 7) is 2.02. The molecule has 0 radical (unpaired) electrons. The van der Waals surface area contributed by atoms with Gasteiger partial charge in [-0.05, 0) is 53.4 Å². The SMILES string of the molecule is Cc1cc(-c2ccncc2)ccc1N[C@H](Cc1ccccc1)C(N)=O. The lowest BCUT2D eigenvalue weighted by molar-refractivity contribution is -0.118. The van der Waals surface area contributed by atoms with Crippen LogP contribution in [-0.4, -0.2) is 16.9 Å². The van der Waals surface area contributed by atoms with Gasteiger partial charge in [0, 0.05) is 24.5 Å². The van der Waals surface area contributed by atoms with Crippen molar-refractivity contribution in [3.8, 4) is 11.1 Å². The molecule has 0 aliphatic carbocycles. The number of hydrogen-bond acceptors (Lipinski definition) is 3. The third-order valence-electron chi connectivity index (χ3n) is 4.20. The zero-order chi connectivity index (χ0) is 17.6. The summed E-state index contributed by atoms with van der Waals surface area (Å²) in [6.07, 6.45) is 4.11. The van der Waals surface area contributed by atoms with Gasteiger partial charge in [-0.3, -0.25) is 9.78 Å². The maximum atomic E-state index is 11.9. The number of primary amides is 1. The summed E-state index contributed by atoms with van der Waals surface area (Å²) in [5, 5.41) is 3.29. The standard InChI is InChI=1S/C21H21N3O/c1-15-13-18(17-9-11-23-12-10-17)7-8-19(15)24-20(21(22)25)14-16-5-3-2-4-6-16/h2-13,20,24H,14H2,1H3,(H2,22,25)/t20-/m1/s1. The lowest BCUT2D eigenvalue weighted by Gasteiger charge is -2.19. The Kier molecular flexibility index (Phi) is 5.09. The summed E-state index contributed by atoms with van der Waals surface area (Å²) in [5.41, 5.74) is 10.9. The molecule has 4 heteroatoms. The fourth-order valence-electron chi connectivity index (χ4n) is 2.81. The van der Waals surface area contributed by atoms with Crippen molar-refractivity contribution in [2.24, 2.45) is 5.73 Å². The van der Waals surface area contributed by atoms with E-state index >= 15 is 0 Å². The molecule has 3 N–H and O–H groups in total. The van der Waals surface area contributed by atoms with Crippen LogP contribution in [0.1, 0.15) is 11.1 Å². The van der Waals surface area contributed by atoms with Crippen molar-refractivity contribution < 1.29 is 4.79 Å². The highest BCUT2D eigenvalue weighted by molar-refractivity contribution is 5.84. The van der Waals surface area contributed by atoms with Crippen LogP contribution in [-0.2, 0) is 11.2 Å². The van der Waals surface area contributed by atoms with E-state index < -0.39 is 6.04 Å². The van der Waals surface area contributed by atoms with Crippen LogP contribution < -0.4 is 11.1 Å². The number of pyridine rings is 1. The number of anilines is 1. The number of nitrogens with zero attached hydrogens (tertiary/aromatic N) is 1. The van der Waals surface area contributed by atoms with Crippen LogP contribution in [0.3, 0.4) is 0 Å². The Hall–Kier alpha value is -3.14. The van der Waals surface area contributed by atoms with Gasteiger partial charge in [-0.2, -0.15) is 0 Å². The van der Waals surface area contributed by atoms with Crippen molar-refractivity contribution in [1.82, 2.24) is 4.98 Å². The number of carbonyl (C=O) groups is 1. The number of rotatable bonds is 6. The summed E-state index contributed by atoms with van der Waals surface area (Å²) < 4.78 is 0. The van der Waals surface area contributed by atoms with Crippen LogP contribution in [0.2, 0.25) is 0 Å². The van der Waals surface area contributed by atoms with Crippen molar-refractivity contribution >= 4 is 11.6 Å². The van der Waals surface area contributed by atoms with E-state index in [1.54, 1.807) is 12.4 Å². The number of nitrogens with one attached hydrogen (secondary N) is 1. The Bertz CT molecular complexity index is 848. The molecule has 25 heavy (non-hydrogen) atoms. The number of nitrogens with two attached hydrogens (primary N) is 1. The smallest absolute Gasteiger partial charge is 0.240 e. The first-order valence-electron chi connectivity index (χ1n) is 8.24. The fraction of sp³-hybridized carbons (Fsp3) is 0.143. The van der Waals surface area contributed by atoms with E-state index in [1.165, 1.54) is 0 Å². The number of aryl methyl sites for hydroxylation is 1. The number of aromatic nitrogens is 1. The second kappa shape index (κ2) is 7.62. The third kappa shape index (κ3) is 4.23. The highest BCUT2D eigenvalue weighted by atomic mass is 16.1. The van der Waals surface area contributed by atoms with Gasteiger partial charge in [-0.15, -0.1) is 0 Å². The van der Waals surface area contributed by atoms with E-state index in [1.807, 2.05) is 61.5 Å². The molecule has 0 saturated carbocycles. The fourth-order valence-corrected chi connectivity index (χ4v) is 2.81. The molecule has 3 aromatic rings. The topological polar surface area (TPSA) is 68.0 Å². The second-order valence-electron chi connectivity index (χ2n) is 6.05. The summed E-state index contributed by atoms with van der Waals surface area (Å²) in [5.74, 6) is -0.360. The van der Waals surface area contributed by atoms with Crippen molar-refractivity contribution in [3.63, 3.8) is 0 Å². The normalized spacial score (nSPS) is 11.7. The molecular formula is C21H21N3O. The molecule has 1 heterocycles. The summed E-state index contributed by atoms with van der Waals surface area (Å²) in [6, 6.07) is 19.5. The molecule has 0 fully saturated rings. The molecule has 126 valence electrons. The Morgan fingerprint density at radius 1 is 1.04 bits per heavy atom.